The second-order valence-electron chi connectivity index (χ2n) is 4.33. The Balaban J connectivity index is 1.74. The van der Waals surface area contributed by atoms with Gasteiger partial charge in [-0.15, -0.1) is 10.2 Å². The fourth-order valence-corrected chi connectivity index (χ4v) is 3.89. The summed E-state index contributed by atoms with van der Waals surface area (Å²) in [6.45, 7) is 2.70. The van der Waals surface area contributed by atoms with Crippen molar-refractivity contribution < 1.29 is 4.79 Å². The summed E-state index contributed by atoms with van der Waals surface area (Å²) in [7, 11) is 0. The van der Waals surface area contributed by atoms with E-state index in [1.54, 1.807) is 5.51 Å². The zero-order chi connectivity index (χ0) is 13.2. The van der Waals surface area contributed by atoms with Crippen LogP contribution >= 0.6 is 23.1 Å². The number of benzene rings is 1. The van der Waals surface area contributed by atoms with E-state index in [1.165, 1.54) is 28.7 Å². The van der Waals surface area contributed by atoms with Crippen LogP contribution in [0.15, 0.2) is 34.1 Å². The Morgan fingerprint density at radius 3 is 3.11 bits per heavy atom. The predicted octanol–water partition coefficient (Wildman–Crippen LogP) is 2.61. The van der Waals surface area contributed by atoms with E-state index in [0.717, 1.165) is 23.0 Å². The third-order valence-electron chi connectivity index (χ3n) is 3.12. The van der Waals surface area contributed by atoms with E-state index >= 15 is 0 Å². The third-order valence-corrected chi connectivity index (χ3v) is 5.02. The maximum absolute atomic E-state index is 12.5. The Morgan fingerprint density at radius 2 is 2.32 bits per heavy atom. The maximum atomic E-state index is 12.5. The van der Waals surface area contributed by atoms with Crippen LogP contribution in [0.1, 0.15) is 12.5 Å². The Hall–Kier alpha value is -1.40. The molecular weight excluding hydrogens is 278 g/mol. The first kappa shape index (κ1) is 12.6. The van der Waals surface area contributed by atoms with Crippen LogP contribution in [-0.4, -0.2) is 27.9 Å². The zero-order valence-corrected chi connectivity index (χ0v) is 12.1. The molecular formula is C13H13N3OS2. The van der Waals surface area contributed by atoms with Gasteiger partial charge in [0.05, 0.1) is 5.25 Å². The highest BCUT2D eigenvalue weighted by Gasteiger charge is 2.28. The van der Waals surface area contributed by atoms with Crippen LogP contribution in [-0.2, 0) is 11.2 Å². The molecule has 1 amide bonds. The average Bonchev–Trinajstić information content (AvgIpc) is 3.06. The SMILES string of the molecule is C[C@@H](Sc1nncs1)C(=O)N1CCc2ccccc21. The molecule has 3 rings (SSSR count). The largest absolute Gasteiger partial charge is 0.311 e. The van der Waals surface area contributed by atoms with Crippen molar-refractivity contribution in [2.24, 2.45) is 0 Å². The van der Waals surface area contributed by atoms with Gasteiger partial charge < -0.3 is 4.90 Å². The van der Waals surface area contributed by atoms with Crippen LogP contribution in [0.3, 0.4) is 0 Å². The molecule has 0 unspecified atom stereocenters. The minimum absolute atomic E-state index is 0.140. The van der Waals surface area contributed by atoms with Crippen molar-refractivity contribution in [2.45, 2.75) is 22.9 Å². The summed E-state index contributed by atoms with van der Waals surface area (Å²) in [6.07, 6.45) is 0.943. The van der Waals surface area contributed by atoms with Gasteiger partial charge in [0.1, 0.15) is 5.51 Å². The zero-order valence-electron chi connectivity index (χ0n) is 10.4. The quantitative estimate of drug-likeness (QED) is 0.816. The lowest BCUT2D eigenvalue weighted by Gasteiger charge is -2.20. The molecule has 19 heavy (non-hydrogen) atoms. The van der Waals surface area contributed by atoms with Crippen LogP contribution in [0.25, 0.3) is 0 Å². The molecule has 98 valence electrons. The van der Waals surface area contributed by atoms with Crippen LogP contribution in [0.2, 0.25) is 0 Å². The summed E-state index contributed by atoms with van der Waals surface area (Å²) in [5.41, 5.74) is 3.99. The number of anilines is 1. The Kier molecular flexibility index (Phi) is 3.52. The number of para-hydroxylation sites is 1. The fourth-order valence-electron chi connectivity index (χ4n) is 2.20. The highest BCUT2D eigenvalue weighted by atomic mass is 32.2. The molecule has 2 aromatic rings. The Labute approximate surface area is 119 Å². The smallest absolute Gasteiger partial charge is 0.240 e. The molecule has 0 bridgehead atoms. The number of carbonyl (C=O) groups is 1. The van der Waals surface area contributed by atoms with E-state index in [0.29, 0.717) is 0 Å². The molecule has 0 N–H and O–H groups in total. The van der Waals surface area contributed by atoms with Gasteiger partial charge in [0.2, 0.25) is 5.91 Å². The molecule has 0 saturated heterocycles. The molecule has 1 aromatic carbocycles. The van der Waals surface area contributed by atoms with E-state index in [9.17, 15) is 4.79 Å². The first-order valence-corrected chi connectivity index (χ1v) is 7.84. The number of hydrogen-bond donors (Lipinski definition) is 0. The third kappa shape index (κ3) is 2.50. The van der Waals surface area contributed by atoms with Gasteiger partial charge in [-0.3, -0.25) is 4.79 Å². The second kappa shape index (κ2) is 5.30. The molecule has 0 saturated carbocycles. The number of aromatic nitrogens is 2. The minimum atomic E-state index is -0.140. The van der Waals surface area contributed by atoms with Crippen LogP contribution in [0, 0.1) is 0 Å². The molecule has 1 aliphatic rings. The number of hydrogen-bond acceptors (Lipinski definition) is 5. The molecule has 0 fully saturated rings. The van der Waals surface area contributed by atoms with Crippen LogP contribution < -0.4 is 4.90 Å². The number of rotatable bonds is 3. The van der Waals surface area contributed by atoms with Crippen LogP contribution in [0.5, 0.6) is 0 Å². The second-order valence-corrected chi connectivity index (χ2v) is 6.75. The summed E-state index contributed by atoms with van der Waals surface area (Å²) in [4.78, 5) is 14.4. The van der Waals surface area contributed by atoms with Crippen molar-refractivity contribution in [1.82, 2.24) is 10.2 Å². The van der Waals surface area contributed by atoms with Gasteiger partial charge in [0, 0.05) is 12.2 Å². The van der Waals surface area contributed by atoms with Crippen molar-refractivity contribution in [3.05, 3.63) is 35.3 Å². The molecule has 0 spiro atoms. The molecule has 1 aromatic heterocycles. The highest BCUT2D eigenvalue weighted by molar-refractivity contribution is 8.02. The first-order chi connectivity index (χ1) is 9.25. The average molecular weight is 291 g/mol. The van der Waals surface area contributed by atoms with E-state index in [-0.39, 0.29) is 11.2 Å². The van der Waals surface area contributed by atoms with Gasteiger partial charge >= 0.3 is 0 Å². The highest BCUT2D eigenvalue weighted by Crippen LogP contribution is 2.31. The van der Waals surface area contributed by atoms with Crippen molar-refractivity contribution >= 4 is 34.7 Å². The molecule has 0 radical (unpaired) electrons. The van der Waals surface area contributed by atoms with Crippen molar-refractivity contribution in [1.29, 1.82) is 0 Å². The van der Waals surface area contributed by atoms with Gasteiger partial charge in [-0.1, -0.05) is 41.3 Å². The van der Waals surface area contributed by atoms with E-state index in [2.05, 4.69) is 16.3 Å². The molecule has 2 heterocycles. The minimum Gasteiger partial charge on any atom is -0.311 e. The van der Waals surface area contributed by atoms with Gasteiger partial charge in [0.15, 0.2) is 4.34 Å². The van der Waals surface area contributed by atoms with Gasteiger partial charge in [-0.2, -0.15) is 0 Å². The summed E-state index contributed by atoms with van der Waals surface area (Å²) >= 11 is 2.94. The number of amides is 1. The van der Waals surface area contributed by atoms with Crippen molar-refractivity contribution in [2.75, 3.05) is 11.4 Å². The summed E-state index contributed by atoms with van der Waals surface area (Å²) in [5.74, 6) is 0.144. The number of fused-ring (bicyclic) bond motifs is 1. The van der Waals surface area contributed by atoms with Gasteiger partial charge in [-0.05, 0) is 25.0 Å². The first-order valence-electron chi connectivity index (χ1n) is 6.08. The van der Waals surface area contributed by atoms with Gasteiger partial charge in [-0.25, -0.2) is 0 Å². The predicted molar refractivity (Wildman–Crippen MR) is 77.7 cm³/mol. The molecule has 0 aliphatic carbocycles. The number of carbonyl (C=O) groups excluding carboxylic acids is 1. The standard InChI is InChI=1S/C13H13N3OS2/c1-9(19-13-15-14-8-18-13)12(17)16-7-6-10-4-2-3-5-11(10)16/h2-5,8-9H,6-7H2,1H3/t9-/m1/s1. The van der Waals surface area contributed by atoms with Crippen molar-refractivity contribution in [3.63, 3.8) is 0 Å². The number of thioether (sulfide) groups is 1. The molecule has 4 nitrogen and oxygen atoms in total. The summed E-state index contributed by atoms with van der Waals surface area (Å²) in [6, 6.07) is 8.10. The number of nitrogens with zero attached hydrogens (tertiary/aromatic N) is 3. The Bertz CT molecular complexity index is 585. The fraction of sp³-hybridized carbons (Fsp3) is 0.308. The van der Waals surface area contributed by atoms with E-state index < -0.39 is 0 Å². The normalized spacial score (nSPS) is 15.3. The lowest BCUT2D eigenvalue weighted by molar-refractivity contribution is -0.117. The molecule has 6 heteroatoms. The van der Waals surface area contributed by atoms with E-state index in [4.69, 9.17) is 0 Å². The van der Waals surface area contributed by atoms with Gasteiger partial charge in [0.25, 0.3) is 0 Å². The molecule has 1 atom stereocenters. The van der Waals surface area contributed by atoms with Crippen molar-refractivity contribution in [3.8, 4) is 0 Å². The topological polar surface area (TPSA) is 46.1 Å². The lowest BCUT2D eigenvalue weighted by Crippen LogP contribution is -2.35. The Morgan fingerprint density at radius 1 is 1.47 bits per heavy atom. The summed E-state index contributed by atoms with van der Waals surface area (Å²) < 4.78 is 0.841. The van der Waals surface area contributed by atoms with Crippen LogP contribution in [0.4, 0.5) is 5.69 Å². The molecule has 1 aliphatic heterocycles. The maximum Gasteiger partial charge on any atom is 0.240 e. The summed E-state index contributed by atoms with van der Waals surface area (Å²) in [5, 5.41) is 7.62. The monoisotopic (exact) mass is 291 g/mol. The van der Waals surface area contributed by atoms with E-state index in [1.807, 2.05) is 30.0 Å². The lowest BCUT2D eigenvalue weighted by atomic mass is 10.2.